The Bertz CT molecular complexity index is 328. The van der Waals surface area contributed by atoms with E-state index in [-0.39, 0.29) is 6.15 Å². The molecule has 0 fully saturated rings. The van der Waals surface area contributed by atoms with Gasteiger partial charge in [-0.25, -0.2) is 0 Å². The van der Waals surface area contributed by atoms with Crippen LogP contribution in [0.5, 0.6) is 0 Å². The lowest BCUT2D eigenvalue weighted by Crippen LogP contribution is -2.06. The molecule has 0 aliphatic carbocycles. The number of alkyl halides is 1. The van der Waals surface area contributed by atoms with Gasteiger partial charge >= 0.3 is 0 Å². The van der Waals surface area contributed by atoms with Gasteiger partial charge in [0.1, 0.15) is 0 Å². The Kier molecular flexibility index (Phi) is 7.49. The maximum Gasteiger partial charge on any atom is 0.0476 e. The average molecular weight is 256 g/mol. The van der Waals surface area contributed by atoms with E-state index >= 15 is 0 Å². The molecule has 1 rings (SSSR count). The monoisotopic (exact) mass is 255 g/mol. The number of rotatable bonds is 5. The summed E-state index contributed by atoms with van der Waals surface area (Å²) >= 11 is 6.06. The summed E-state index contributed by atoms with van der Waals surface area (Å²) in [4.78, 5) is 0. The first-order chi connectivity index (χ1) is 7.73. The van der Waals surface area contributed by atoms with E-state index in [1.54, 1.807) is 11.1 Å². The number of benzene rings is 1. The Morgan fingerprint density at radius 2 is 1.24 bits per heavy atom. The summed E-state index contributed by atoms with van der Waals surface area (Å²) in [6, 6.07) is 2.32. The molecule has 0 atom stereocenters. The van der Waals surface area contributed by atoms with E-state index in [9.17, 15) is 0 Å². The van der Waals surface area contributed by atoms with Gasteiger partial charge in [0, 0.05) is 5.88 Å². The summed E-state index contributed by atoms with van der Waals surface area (Å²) in [5.41, 5.74) is 7.45. The van der Waals surface area contributed by atoms with Gasteiger partial charge < -0.3 is 6.15 Å². The molecule has 1 nitrogen and oxygen atoms in total. The van der Waals surface area contributed by atoms with Crippen LogP contribution in [0, 0.1) is 0 Å². The second-order valence-corrected chi connectivity index (χ2v) is 4.45. The average Bonchev–Trinajstić information content (AvgIpc) is 2.35. The molecule has 0 aromatic heterocycles. The Labute approximate surface area is 111 Å². The van der Waals surface area contributed by atoms with E-state index in [0.29, 0.717) is 5.88 Å². The van der Waals surface area contributed by atoms with Gasteiger partial charge in [-0.1, -0.05) is 33.8 Å². The Morgan fingerprint density at radius 1 is 0.765 bits per heavy atom. The number of halogens is 1. The number of hydrogen-bond donors (Lipinski definition) is 1. The second-order valence-electron chi connectivity index (χ2n) is 4.18. The Hall–Kier alpha value is -0.530. The summed E-state index contributed by atoms with van der Waals surface area (Å²) in [5.74, 6) is 0.646. The molecule has 0 aliphatic heterocycles. The predicted molar refractivity (Wildman–Crippen MR) is 78.5 cm³/mol. The molecule has 98 valence electrons. The maximum absolute atomic E-state index is 6.06. The van der Waals surface area contributed by atoms with Gasteiger partial charge in [-0.05, 0) is 53.5 Å². The smallest absolute Gasteiger partial charge is 0.0476 e. The minimum atomic E-state index is 0. The topological polar surface area (TPSA) is 35.0 Å². The van der Waals surface area contributed by atoms with E-state index in [0.717, 1.165) is 25.7 Å². The molecular formula is C15H26ClN. The van der Waals surface area contributed by atoms with E-state index < -0.39 is 0 Å². The number of hydrogen-bond acceptors (Lipinski definition) is 1. The van der Waals surface area contributed by atoms with Crippen LogP contribution in [0.25, 0.3) is 0 Å². The third kappa shape index (κ3) is 3.23. The predicted octanol–water partition coefficient (Wildman–Crippen LogP) is 4.84. The standard InChI is InChI=1S/C15H23Cl.H3N/c1-5-11-9-12(10-16)14(7-3)15(8-4)13(11)6-2;/h9H,5-8,10H2,1-4H3;1H3. The van der Waals surface area contributed by atoms with Crippen molar-refractivity contribution in [2.45, 2.75) is 59.3 Å². The van der Waals surface area contributed by atoms with Crippen LogP contribution in [0.1, 0.15) is 55.5 Å². The highest BCUT2D eigenvalue weighted by Crippen LogP contribution is 2.27. The fourth-order valence-corrected chi connectivity index (χ4v) is 2.94. The van der Waals surface area contributed by atoms with E-state index in [2.05, 4.69) is 33.8 Å². The van der Waals surface area contributed by atoms with Gasteiger partial charge in [0.15, 0.2) is 0 Å². The van der Waals surface area contributed by atoms with Crippen LogP contribution in [0.15, 0.2) is 6.07 Å². The van der Waals surface area contributed by atoms with Crippen molar-refractivity contribution < 1.29 is 0 Å². The van der Waals surface area contributed by atoms with Crippen LogP contribution in [0.2, 0.25) is 0 Å². The minimum Gasteiger partial charge on any atom is -0.344 e. The molecule has 0 saturated carbocycles. The lowest BCUT2D eigenvalue weighted by atomic mass is 9.87. The molecule has 0 heterocycles. The highest BCUT2D eigenvalue weighted by Gasteiger charge is 2.13. The van der Waals surface area contributed by atoms with Crippen LogP contribution in [0.4, 0.5) is 0 Å². The summed E-state index contributed by atoms with van der Waals surface area (Å²) in [6.07, 6.45) is 4.48. The summed E-state index contributed by atoms with van der Waals surface area (Å²) < 4.78 is 0. The zero-order valence-electron chi connectivity index (χ0n) is 11.7. The van der Waals surface area contributed by atoms with Gasteiger partial charge in [-0.2, -0.15) is 0 Å². The molecule has 1 aromatic carbocycles. The summed E-state index contributed by atoms with van der Waals surface area (Å²) in [7, 11) is 0. The highest BCUT2D eigenvalue weighted by atomic mass is 35.5. The fraction of sp³-hybridized carbons (Fsp3) is 0.600. The van der Waals surface area contributed by atoms with Crippen molar-refractivity contribution in [3.05, 3.63) is 33.9 Å². The molecule has 3 N–H and O–H groups in total. The van der Waals surface area contributed by atoms with Crippen LogP contribution >= 0.6 is 11.6 Å². The second kappa shape index (κ2) is 7.73. The van der Waals surface area contributed by atoms with Gasteiger partial charge in [-0.15, -0.1) is 11.6 Å². The van der Waals surface area contributed by atoms with Crippen molar-refractivity contribution >= 4 is 11.6 Å². The maximum atomic E-state index is 6.06. The molecule has 1 aromatic rings. The van der Waals surface area contributed by atoms with Crippen molar-refractivity contribution in [2.24, 2.45) is 0 Å². The van der Waals surface area contributed by atoms with Crippen molar-refractivity contribution in [1.82, 2.24) is 6.15 Å². The van der Waals surface area contributed by atoms with Gasteiger partial charge in [0.2, 0.25) is 0 Å². The third-order valence-electron chi connectivity index (χ3n) is 3.44. The van der Waals surface area contributed by atoms with Crippen LogP contribution < -0.4 is 6.15 Å². The van der Waals surface area contributed by atoms with Crippen LogP contribution in [-0.2, 0) is 31.6 Å². The molecule has 0 bridgehead atoms. The van der Waals surface area contributed by atoms with Crippen LogP contribution in [0.3, 0.4) is 0 Å². The van der Waals surface area contributed by atoms with Gasteiger partial charge in [0.05, 0.1) is 0 Å². The van der Waals surface area contributed by atoms with Gasteiger partial charge in [0.25, 0.3) is 0 Å². The lowest BCUT2D eigenvalue weighted by molar-refractivity contribution is 0.930. The molecule has 2 heteroatoms. The lowest BCUT2D eigenvalue weighted by Gasteiger charge is -2.19. The fourth-order valence-electron chi connectivity index (χ4n) is 2.70. The zero-order valence-corrected chi connectivity index (χ0v) is 12.5. The van der Waals surface area contributed by atoms with Crippen molar-refractivity contribution in [1.29, 1.82) is 0 Å². The van der Waals surface area contributed by atoms with Crippen LogP contribution in [-0.4, -0.2) is 0 Å². The minimum absolute atomic E-state index is 0. The molecular weight excluding hydrogens is 230 g/mol. The third-order valence-corrected chi connectivity index (χ3v) is 3.73. The molecule has 17 heavy (non-hydrogen) atoms. The molecule has 0 radical (unpaired) electrons. The SMILES string of the molecule is CCc1cc(CCl)c(CC)c(CC)c1CC.N. The van der Waals surface area contributed by atoms with E-state index in [4.69, 9.17) is 11.6 Å². The molecule has 0 saturated heterocycles. The summed E-state index contributed by atoms with van der Waals surface area (Å²) in [6.45, 7) is 8.98. The first-order valence-electron chi connectivity index (χ1n) is 6.44. The molecule has 0 amide bonds. The zero-order chi connectivity index (χ0) is 12.1. The molecule has 0 aliphatic rings. The van der Waals surface area contributed by atoms with Crippen molar-refractivity contribution in [2.75, 3.05) is 0 Å². The molecule has 0 spiro atoms. The van der Waals surface area contributed by atoms with E-state index in [1.807, 2.05) is 0 Å². The van der Waals surface area contributed by atoms with E-state index in [1.165, 1.54) is 16.7 Å². The normalized spacial score (nSPS) is 10.2. The summed E-state index contributed by atoms with van der Waals surface area (Å²) in [5, 5.41) is 0. The first kappa shape index (κ1) is 16.5. The first-order valence-corrected chi connectivity index (χ1v) is 6.98. The highest BCUT2D eigenvalue weighted by molar-refractivity contribution is 6.17. The van der Waals surface area contributed by atoms with Crippen molar-refractivity contribution in [3.63, 3.8) is 0 Å². The molecule has 0 unspecified atom stereocenters. The van der Waals surface area contributed by atoms with Gasteiger partial charge in [-0.3, -0.25) is 0 Å². The quantitative estimate of drug-likeness (QED) is 0.751. The number of aryl methyl sites for hydroxylation is 1. The van der Waals surface area contributed by atoms with Crippen molar-refractivity contribution in [3.8, 4) is 0 Å². The largest absolute Gasteiger partial charge is 0.344 e. The Morgan fingerprint density at radius 3 is 1.59 bits per heavy atom. The Balaban J connectivity index is 0.00000256.